The minimum absolute atomic E-state index is 0.0530. The van der Waals surface area contributed by atoms with Gasteiger partial charge in [-0.1, -0.05) is 35.2 Å². The van der Waals surface area contributed by atoms with Gasteiger partial charge in [0.15, 0.2) is 0 Å². The second-order valence-electron chi connectivity index (χ2n) is 2.95. The van der Waals surface area contributed by atoms with Crippen molar-refractivity contribution in [2.24, 2.45) is 0 Å². The maximum atomic E-state index is 11.3. The monoisotopic (exact) mass is 283 g/mol. The molecule has 0 aliphatic heterocycles. The molecule has 1 rings (SSSR count). The summed E-state index contributed by atoms with van der Waals surface area (Å²) < 4.78 is 2.20. The number of carbonyl (C=O) groups is 1. The molecule has 1 aliphatic carbocycles. The van der Waals surface area contributed by atoms with Crippen LogP contribution in [-0.2, 0) is 4.79 Å². The number of amides is 1. The maximum Gasteiger partial charge on any atom is 0.246 e. The molecular formula is C7H11Br2NO. The van der Waals surface area contributed by atoms with Crippen LogP contribution in [0.15, 0.2) is 0 Å². The average molecular weight is 285 g/mol. The minimum Gasteiger partial charge on any atom is -0.291 e. The normalized spacial score (nSPS) is 22.7. The third-order valence-corrected chi connectivity index (χ3v) is 3.65. The molecule has 0 bridgehead atoms. The summed E-state index contributed by atoms with van der Waals surface area (Å²) in [6.45, 7) is 0. The van der Waals surface area contributed by atoms with E-state index in [-0.39, 0.29) is 10.2 Å². The minimum atomic E-state index is -0.297. The molecule has 0 spiro atoms. The van der Waals surface area contributed by atoms with Gasteiger partial charge in [-0.2, -0.15) is 0 Å². The van der Waals surface area contributed by atoms with E-state index in [1.165, 1.54) is 6.42 Å². The molecule has 2 nitrogen and oxygen atoms in total. The van der Waals surface area contributed by atoms with Crippen molar-refractivity contribution in [3.8, 4) is 0 Å². The Kier molecular flexibility index (Phi) is 3.37. The topological polar surface area (TPSA) is 29.1 Å². The van der Waals surface area contributed by atoms with Gasteiger partial charge < -0.3 is 0 Å². The van der Waals surface area contributed by atoms with Gasteiger partial charge in [0.1, 0.15) is 4.32 Å². The molecule has 0 aromatic rings. The summed E-state index contributed by atoms with van der Waals surface area (Å²) in [6.07, 6.45) is 5.44. The number of halogens is 2. The van der Waals surface area contributed by atoms with Crippen molar-refractivity contribution in [3.63, 3.8) is 0 Å². The molecule has 1 aliphatic rings. The standard InChI is InChI=1S/C7H11Br2NO/c8-7(6(11)10-9)4-2-1-3-5-7/h1-5H2,(H,10,11). The van der Waals surface area contributed by atoms with Crippen molar-refractivity contribution in [2.45, 2.75) is 36.4 Å². The molecule has 1 N–H and O–H groups in total. The van der Waals surface area contributed by atoms with Gasteiger partial charge in [0.05, 0.1) is 0 Å². The van der Waals surface area contributed by atoms with E-state index in [2.05, 4.69) is 36.4 Å². The van der Waals surface area contributed by atoms with Crippen molar-refractivity contribution >= 4 is 38.0 Å². The van der Waals surface area contributed by atoms with Gasteiger partial charge in [-0.25, -0.2) is 0 Å². The molecule has 1 fully saturated rings. The fourth-order valence-corrected chi connectivity index (χ4v) is 2.73. The van der Waals surface area contributed by atoms with E-state index in [4.69, 9.17) is 0 Å². The van der Waals surface area contributed by atoms with Crippen LogP contribution in [0.1, 0.15) is 32.1 Å². The molecule has 0 aromatic heterocycles. The van der Waals surface area contributed by atoms with Gasteiger partial charge in [0.2, 0.25) is 5.91 Å². The molecule has 0 aromatic carbocycles. The number of rotatable bonds is 1. The third kappa shape index (κ3) is 2.18. The summed E-state index contributed by atoms with van der Waals surface area (Å²) in [4.78, 5) is 11.3. The third-order valence-electron chi connectivity index (χ3n) is 2.14. The van der Waals surface area contributed by atoms with Gasteiger partial charge in [-0.05, 0) is 12.8 Å². The molecule has 4 heteroatoms. The predicted octanol–water partition coefficient (Wildman–Crippen LogP) is 2.51. The Morgan fingerprint density at radius 2 is 1.82 bits per heavy atom. The summed E-state index contributed by atoms with van der Waals surface area (Å²) in [6, 6.07) is 0. The number of carbonyl (C=O) groups excluding carboxylic acids is 1. The van der Waals surface area contributed by atoms with Gasteiger partial charge in [-0.3, -0.25) is 9.14 Å². The van der Waals surface area contributed by atoms with Crippen LogP contribution in [0.2, 0.25) is 0 Å². The Morgan fingerprint density at radius 3 is 2.27 bits per heavy atom. The van der Waals surface area contributed by atoms with E-state index in [0.717, 1.165) is 25.7 Å². The van der Waals surface area contributed by atoms with Crippen molar-refractivity contribution < 1.29 is 4.79 Å². The van der Waals surface area contributed by atoms with Crippen LogP contribution in [0, 0.1) is 0 Å². The van der Waals surface area contributed by atoms with E-state index in [9.17, 15) is 4.79 Å². The first kappa shape index (κ1) is 9.52. The summed E-state index contributed by atoms with van der Waals surface area (Å²) in [5, 5.41) is 0. The first-order valence-electron chi connectivity index (χ1n) is 3.79. The van der Waals surface area contributed by atoms with Crippen LogP contribution < -0.4 is 4.34 Å². The summed E-state index contributed by atoms with van der Waals surface area (Å²) in [5.41, 5.74) is 0. The summed E-state index contributed by atoms with van der Waals surface area (Å²) in [7, 11) is 0. The Bertz CT molecular complexity index is 155. The zero-order chi connectivity index (χ0) is 8.32. The molecule has 0 radical (unpaired) electrons. The van der Waals surface area contributed by atoms with E-state index in [0.29, 0.717) is 0 Å². The van der Waals surface area contributed by atoms with Crippen LogP contribution >= 0.6 is 32.1 Å². The fourth-order valence-electron chi connectivity index (χ4n) is 1.42. The van der Waals surface area contributed by atoms with E-state index in [1.807, 2.05) is 0 Å². The van der Waals surface area contributed by atoms with Crippen molar-refractivity contribution in [2.75, 3.05) is 0 Å². The van der Waals surface area contributed by atoms with Gasteiger partial charge >= 0.3 is 0 Å². The highest BCUT2D eigenvalue weighted by Gasteiger charge is 2.36. The van der Waals surface area contributed by atoms with Gasteiger partial charge in [-0.15, -0.1) is 0 Å². The molecule has 64 valence electrons. The molecule has 0 heterocycles. The Balaban J connectivity index is 2.56. The lowest BCUT2D eigenvalue weighted by atomic mass is 9.89. The number of nitrogens with one attached hydrogen (secondary N) is 1. The summed E-state index contributed by atoms with van der Waals surface area (Å²) >= 11 is 6.44. The first-order chi connectivity index (χ1) is 5.19. The molecule has 11 heavy (non-hydrogen) atoms. The fraction of sp³-hybridized carbons (Fsp3) is 0.857. The largest absolute Gasteiger partial charge is 0.291 e. The maximum absolute atomic E-state index is 11.3. The smallest absolute Gasteiger partial charge is 0.246 e. The highest BCUT2D eigenvalue weighted by atomic mass is 79.9. The van der Waals surface area contributed by atoms with Gasteiger partial charge in [0, 0.05) is 16.1 Å². The lowest BCUT2D eigenvalue weighted by molar-refractivity contribution is -0.121. The van der Waals surface area contributed by atoms with Crippen molar-refractivity contribution in [3.05, 3.63) is 0 Å². The number of hydrogen-bond acceptors (Lipinski definition) is 1. The van der Waals surface area contributed by atoms with E-state index in [1.54, 1.807) is 0 Å². The number of hydrogen-bond donors (Lipinski definition) is 1. The molecule has 1 amide bonds. The van der Waals surface area contributed by atoms with E-state index >= 15 is 0 Å². The lowest BCUT2D eigenvalue weighted by Gasteiger charge is -2.28. The highest BCUT2D eigenvalue weighted by Crippen LogP contribution is 2.36. The lowest BCUT2D eigenvalue weighted by Crippen LogP contribution is -2.39. The quantitative estimate of drug-likeness (QED) is 0.582. The Labute approximate surface area is 83.6 Å². The van der Waals surface area contributed by atoms with Crippen molar-refractivity contribution in [1.29, 1.82) is 0 Å². The van der Waals surface area contributed by atoms with Crippen molar-refractivity contribution in [1.82, 2.24) is 4.34 Å². The number of alkyl halides is 1. The highest BCUT2D eigenvalue weighted by molar-refractivity contribution is 9.10. The molecule has 1 saturated carbocycles. The zero-order valence-electron chi connectivity index (χ0n) is 6.20. The zero-order valence-corrected chi connectivity index (χ0v) is 9.37. The first-order valence-corrected chi connectivity index (χ1v) is 5.38. The van der Waals surface area contributed by atoms with Gasteiger partial charge in [0.25, 0.3) is 0 Å². The van der Waals surface area contributed by atoms with Crippen LogP contribution in [0.4, 0.5) is 0 Å². The summed E-state index contributed by atoms with van der Waals surface area (Å²) in [5.74, 6) is 0.0530. The van der Waals surface area contributed by atoms with Crippen LogP contribution in [0.5, 0.6) is 0 Å². The Morgan fingerprint density at radius 1 is 1.27 bits per heavy atom. The predicted molar refractivity (Wildman–Crippen MR) is 51.8 cm³/mol. The average Bonchev–Trinajstić information content (AvgIpc) is 2.04. The van der Waals surface area contributed by atoms with Crippen LogP contribution in [0.3, 0.4) is 0 Å². The van der Waals surface area contributed by atoms with E-state index < -0.39 is 0 Å². The second kappa shape index (κ2) is 3.90. The van der Waals surface area contributed by atoms with Crippen LogP contribution in [-0.4, -0.2) is 10.2 Å². The molecule has 0 atom stereocenters. The molecular weight excluding hydrogens is 274 g/mol. The second-order valence-corrected chi connectivity index (χ2v) is 4.86. The Hall–Kier alpha value is 0.430. The van der Waals surface area contributed by atoms with Crippen LogP contribution in [0.25, 0.3) is 0 Å². The SMILES string of the molecule is O=C(NBr)C1(Br)CCCCC1. The molecule has 0 saturated heterocycles. The molecule has 0 unspecified atom stereocenters.